The molecule has 0 saturated heterocycles. The van der Waals surface area contributed by atoms with Gasteiger partial charge in [-0.15, -0.1) is 0 Å². The summed E-state index contributed by atoms with van der Waals surface area (Å²) >= 11 is 0. The summed E-state index contributed by atoms with van der Waals surface area (Å²) in [5, 5.41) is 12.4. The van der Waals surface area contributed by atoms with Crippen molar-refractivity contribution in [3.05, 3.63) is 0 Å². The van der Waals surface area contributed by atoms with Gasteiger partial charge in [-0.2, -0.15) is 0 Å². The molecule has 0 aliphatic rings. The van der Waals surface area contributed by atoms with Gasteiger partial charge in [-0.25, -0.2) is 0 Å². The molecule has 0 aromatic rings. The molecule has 1 atom stereocenters. The second-order valence-electron chi connectivity index (χ2n) is 9.59. The van der Waals surface area contributed by atoms with Crippen LogP contribution in [0.5, 0.6) is 0 Å². The molecule has 1 amide bonds. The Morgan fingerprint density at radius 3 is 1.50 bits per heavy atom. The van der Waals surface area contributed by atoms with Gasteiger partial charge in [0.15, 0.2) is 0 Å². The van der Waals surface area contributed by atoms with Crippen LogP contribution in [0.4, 0.5) is 0 Å². The van der Waals surface area contributed by atoms with Gasteiger partial charge in [0.1, 0.15) is 0 Å². The van der Waals surface area contributed by atoms with Crippen molar-refractivity contribution in [3.63, 3.8) is 0 Å². The minimum Gasteiger partial charge on any atom is -0.394 e. The average molecular weight is 456 g/mol. The first-order valence-electron chi connectivity index (χ1n) is 14.2. The summed E-state index contributed by atoms with van der Waals surface area (Å²) in [5.41, 5.74) is 0. The van der Waals surface area contributed by atoms with Gasteiger partial charge in [-0.3, -0.25) is 4.79 Å². The maximum Gasteiger partial charge on any atom is 0.220 e. The Morgan fingerprint density at radius 2 is 1.06 bits per heavy atom. The highest BCUT2D eigenvalue weighted by Gasteiger charge is 2.09. The lowest BCUT2D eigenvalue weighted by atomic mass is 10.1. The summed E-state index contributed by atoms with van der Waals surface area (Å²) in [4.78, 5) is 12.0. The molecule has 0 radical (unpaired) electrons. The largest absolute Gasteiger partial charge is 0.394 e. The van der Waals surface area contributed by atoms with Crippen LogP contribution in [0.25, 0.3) is 0 Å². The lowest BCUT2D eigenvalue weighted by Crippen LogP contribution is -2.35. The van der Waals surface area contributed by atoms with E-state index in [1.807, 2.05) is 0 Å². The van der Waals surface area contributed by atoms with E-state index in [4.69, 9.17) is 4.74 Å². The topological polar surface area (TPSA) is 58.6 Å². The Morgan fingerprint density at radius 1 is 0.656 bits per heavy atom. The van der Waals surface area contributed by atoms with Crippen molar-refractivity contribution in [2.45, 2.75) is 155 Å². The quantitative estimate of drug-likeness (QED) is 0.131. The third-order valence-electron chi connectivity index (χ3n) is 6.34. The summed E-state index contributed by atoms with van der Waals surface area (Å²) in [6, 6.07) is 0. The van der Waals surface area contributed by atoms with Crippen LogP contribution in [0.2, 0.25) is 0 Å². The minimum absolute atomic E-state index is 0.0314. The van der Waals surface area contributed by atoms with Gasteiger partial charge in [-0.1, -0.05) is 129 Å². The molecule has 0 heterocycles. The Bertz CT molecular complexity index is 376. The second-order valence-corrected chi connectivity index (χ2v) is 9.59. The van der Waals surface area contributed by atoms with Crippen LogP contribution in [-0.4, -0.2) is 36.9 Å². The van der Waals surface area contributed by atoms with Gasteiger partial charge >= 0.3 is 0 Å². The number of rotatable bonds is 26. The molecule has 0 aliphatic heterocycles. The SMILES string of the molecule is CCCCCCCCCCCCCOC(CO)CNC(=O)CCCCCCCCCCC. The van der Waals surface area contributed by atoms with Gasteiger partial charge in [0.05, 0.1) is 12.7 Å². The number of nitrogens with one attached hydrogen (secondary N) is 1. The van der Waals surface area contributed by atoms with Crippen LogP contribution in [0.3, 0.4) is 0 Å². The van der Waals surface area contributed by atoms with E-state index in [-0.39, 0.29) is 18.6 Å². The maximum atomic E-state index is 12.0. The van der Waals surface area contributed by atoms with Crippen molar-refractivity contribution in [1.29, 1.82) is 0 Å². The predicted molar refractivity (Wildman–Crippen MR) is 138 cm³/mol. The Hall–Kier alpha value is -0.610. The molecule has 0 rings (SSSR count). The Kier molecular flexibility index (Phi) is 26.1. The van der Waals surface area contributed by atoms with Crippen molar-refractivity contribution in [2.75, 3.05) is 19.8 Å². The molecule has 2 N–H and O–H groups in total. The van der Waals surface area contributed by atoms with E-state index >= 15 is 0 Å². The summed E-state index contributed by atoms with van der Waals surface area (Å²) in [6.45, 7) is 5.58. The first kappa shape index (κ1) is 31.4. The van der Waals surface area contributed by atoms with Crippen molar-refractivity contribution >= 4 is 5.91 Å². The molecule has 0 spiro atoms. The molecule has 0 aromatic heterocycles. The molecule has 1 unspecified atom stereocenters. The number of unbranched alkanes of at least 4 members (excludes halogenated alkanes) is 18. The number of aliphatic hydroxyl groups excluding tert-OH is 1. The van der Waals surface area contributed by atoms with Crippen molar-refractivity contribution in [3.8, 4) is 0 Å². The Labute approximate surface area is 200 Å². The van der Waals surface area contributed by atoms with Crippen LogP contribution >= 0.6 is 0 Å². The molecular formula is C28H57NO3. The first-order valence-corrected chi connectivity index (χ1v) is 14.2. The van der Waals surface area contributed by atoms with Crippen LogP contribution < -0.4 is 5.32 Å². The van der Waals surface area contributed by atoms with E-state index in [2.05, 4.69) is 19.2 Å². The lowest BCUT2D eigenvalue weighted by Gasteiger charge is -2.16. The van der Waals surface area contributed by atoms with E-state index in [0.29, 0.717) is 19.6 Å². The normalized spacial score (nSPS) is 12.2. The minimum atomic E-state index is -0.273. The van der Waals surface area contributed by atoms with Gasteiger partial charge in [0.25, 0.3) is 0 Å². The molecule has 0 fully saturated rings. The molecule has 0 bridgehead atoms. The molecule has 0 saturated carbocycles. The number of aliphatic hydroxyl groups is 1. The summed E-state index contributed by atoms with van der Waals surface area (Å²) < 4.78 is 5.76. The van der Waals surface area contributed by atoms with Gasteiger partial charge in [0, 0.05) is 19.6 Å². The molecule has 4 heteroatoms. The second kappa shape index (κ2) is 26.6. The van der Waals surface area contributed by atoms with Gasteiger partial charge < -0.3 is 15.2 Å². The zero-order valence-electron chi connectivity index (χ0n) is 21.8. The van der Waals surface area contributed by atoms with Crippen molar-refractivity contribution in [1.82, 2.24) is 5.32 Å². The highest BCUT2D eigenvalue weighted by Crippen LogP contribution is 2.12. The van der Waals surface area contributed by atoms with Crippen LogP contribution in [0.15, 0.2) is 0 Å². The summed E-state index contributed by atoms with van der Waals surface area (Å²) in [7, 11) is 0. The van der Waals surface area contributed by atoms with Gasteiger partial charge in [-0.05, 0) is 12.8 Å². The predicted octanol–water partition coefficient (Wildman–Crippen LogP) is 7.71. The highest BCUT2D eigenvalue weighted by molar-refractivity contribution is 5.75. The fraction of sp³-hybridized carbons (Fsp3) is 0.964. The highest BCUT2D eigenvalue weighted by atomic mass is 16.5. The smallest absolute Gasteiger partial charge is 0.220 e. The monoisotopic (exact) mass is 455 g/mol. The van der Waals surface area contributed by atoms with E-state index < -0.39 is 0 Å². The van der Waals surface area contributed by atoms with Gasteiger partial charge in [0.2, 0.25) is 5.91 Å². The van der Waals surface area contributed by atoms with Crippen LogP contribution in [-0.2, 0) is 9.53 Å². The number of hydrogen-bond acceptors (Lipinski definition) is 3. The number of ether oxygens (including phenoxy) is 1. The molecular weight excluding hydrogens is 398 g/mol. The summed E-state index contributed by atoms with van der Waals surface area (Å²) in [6.07, 6.45) is 26.2. The zero-order chi connectivity index (χ0) is 23.5. The van der Waals surface area contributed by atoms with E-state index in [1.165, 1.54) is 109 Å². The van der Waals surface area contributed by atoms with E-state index in [0.717, 1.165) is 19.3 Å². The third kappa shape index (κ3) is 24.0. The van der Waals surface area contributed by atoms with E-state index in [9.17, 15) is 9.90 Å². The number of carbonyl (C=O) groups excluding carboxylic acids is 1. The van der Waals surface area contributed by atoms with Crippen LogP contribution in [0, 0.1) is 0 Å². The number of carbonyl (C=O) groups is 1. The van der Waals surface area contributed by atoms with Crippen LogP contribution in [0.1, 0.15) is 149 Å². The first-order chi connectivity index (χ1) is 15.7. The fourth-order valence-corrected chi connectivity index (χ4v) is 4.10. The molecule has 192 valence electrons. The molecule has 0 aliphatic carbocycles. The molecule has 4 nitrogen and oxygen atoms in total. The van der Waals surface area contributed by atoms with E-state index in [1.54, 1.807) is 0 Å². The van der Waals surface area contributed by atoms with Crippen molar-refractivity contribution in [2.24, 2.45) is 0 Å². The fourth-order valence-electron chi connectivity index (χ4n) is 4.10. The molecule has 0 aromatic carbocycles. The average Bonchev–Trinajstić information content (AvgIpc) is 2.80. The third-order valence-corrected chi connectivity index (χ3v) is 6.34. The molecule has 32 heavy (non-hydrogen) atoms. The maximum absolute atomic E-state index is 12.0. The standard InChI is InChI=1S/C28H57NO3/c1-3-5-7-9-11-13-14-16-18-20-22-24-32-27(26-30)25-29-28(31)23-21-19-17-15-12-10-8-6-4-2/h27,30H,3-26H2,1-2H3,(H,29,31). The zero-order valence-corrected chi connectivity index (χ0v) is 21.8. The summed E-state index contributed by atoms with van der Waals surface area (Å²) in [5.74, 6) is 0.0877. The number of hydrogen-bond donors (Lipinski definition) is 2. The lowest BCUT2D eigenvalue weighted by molar-refractivity contribution is -0.122. The Balaban J connectivity index is 3.43. The number of amides is 1. The van der Waals surface area contributed by atoms with Crippen molar-refractivity contribution < 1.29 is 14.6 Å².